The van der Waals surface area contributed by atoms with Crippen molar-refractivity contribution in [1.29, 1.82) is 0 Å². The van der Waals surface area contributed by atoms with Crippen LogP contribution >= 0.6 is 0 Å². The first-order valence-electron chi connectivity index (χ1n) is 9.21. The number of benzene rings is 1. The molecule has 7 nitrogen and oxygen atoms in total. The molecule has 29 heavy (non-hydrogen) atoms. The van der Waals surface area contributed by atoms with E-state index in [9.17, 15) is 14.4 Å². The van der Waals surface area contributed by atoms with E-state index in [4.69, 9.17) is 14.2 Å². The number of nitrogens with zero attached hydrogens (tertiary/aromatic N) is 1. The van der Waals surface area contributed by atoms with E-state index in [1.807, 2.05) is 30.3 Å². The number of hydrogen-bond donors (Lipinski definition) is 0. The van der Waals surface area contributed by atoms with Crippen LogP contribution < -0.4 is 0 Å². The predicted octanol–water partition coefficient (Wildman–Crippen LogP) is 2.19. The van der Waals surface area contributed by atoms with Gasteiger partial charge in [0.2, 0.25) is 0 Å². The third-order valence-electron chi connectivity index (χ3n) is 4.29. The molecule has 0 spiro atoms. The molecular formula is C22H28NO6+. The Morgan fingerprint density at radius 3 is 1.45 bits per heavy atom. The zero-order valence-corrected chi connectivity index (χ0v) is 16.6. The highest BCUT2D eigenvalue weighted by Crippen LogP contribution is 2.15. The van der Waals surface area contributed by atoms with E-state index in [0.29, 0.717) is 30.7 Å². The molecule has 0 saturated carbocycles. The molecule has 0 bridgehead atoms. The van der Waals surface area contributed by atoms with Crippen molar-refractivity contribution in [3.8, 4) is 0 Å². The molecule has 7 heteroatoms. The fourth-order valence-electron chi connectivity index (χ4n) is 2.74. The molecule has 0 saturated heterocycles. The maximum atomic E-state index is 11.4. The summed E-state index contributed by atoms with van der Waals surface area (Å²) in [6, 6.07) is 9.73. The average Bonchev–Trinajstić information content (AvgIpc) is 2.73. The molecule has 156 valence electrons. The second-order valence-corrected chi connectivity index (χ2v) is 6.27. The van der Waals surface area contributed by atoms with Gasteiger partial charge in [0.15, 0.2) is 0 Å². The molecule has 0 unspecified atom stereocenters. The maximum absolute atomic E-state index is 11.4. The number of rotatable bonds is 14. The summed E-state index contributed by atoms with van der Waals surface area (Å²) < 4.78 is 15.9. The van der Waals surface area contributed by atoms with Crippen LogP contribution in [-0.4, -0.2) is 61.8 Å². The van der Waals surface area contributed by atoms with Gasteiger partial charge in [0.05, 0.1) is 0 Å². The lowest BCUT2D eigenvalue weighted by atomic mass is 10.1. The topological polar surface area (TPSA) is 78.9 Å². The molecule has 1 rings (SSSR count). The Morgan fingerprint density at radius 2 is 1.10 bits per heavy atom. The van der Waals surface area contributed by atoms with Gasteiger partial charge in [0.1, 0.15) is 46.0 Å². The highest BCUT2D eigenvalue weighted by Gasteiger charge is 2.29. The molecule has 0 aliphatic rings. The summed E-state index contributed by atoms with van der Waals surface area (Å²) in [6.45, 7) is 12.5. The van der Waals surface area contributed by atoms with Crippen LogP contribution in [0.5, 0.6) is 0 Å². The fraction of sp³-hybridized carbons (Fsp3) is 0.318. The molecule has 0 fully saturated rings. The van der Waals surface area contributed by atoms with Gasteiger partial charge in [-0.1, -0.05) is 50.1 Å². The molecule has 1 aromatic rings. The van der Waals surface area contributed by atoms with E-state index >= 15 is 0 Å². The summed E-state index contributed by atoms with van der Waals surface area (Å²) >= 11 is 0. The SMILES string of the molecule is C=CC(=O)OCC[N+](CCOC(=O)C=C)(CCOC(=O)C=C)Cc1ccccc1. The molecule has 0 aliphatic heterocycles. The quantitative estimate of drug-likeness (QED) is 0.205. The number of hydrogen-bond acceptors (Lipinski definition) is 6. The minimum Gasteiger partial charge on any atom is -0.457 e. The van der Waals surface area contributed by atoms with E-state index < -0.39 is 17.9 Å². The van der Waals surface area contributed by atoms with Gasteiger partial charge in [-0.2, -0.15) is 0 Å². The zero-order chi connectivity index (χ0) is 21.5. The summed E-state index contributed by atoms with van der Waals surface area (Å²) in [5.41, 5.74) is 1.05. The first kappa shape index (κ1) is 23.8. The number of carbonyl (C=O) groups is 3. The van der Waals surface area contributed by atoms with E-state index in [1.54, 1.807) is 0 Å². The normalized spacial score (nSPS) is 10.5. The van der Waals surface area contributed by atoms with Gasteiger partial charge in [-0.15, -0.1) is 0 Å². The first-order valence-corrected chi connectivity index (χ1v) is 9.21. The molecule has 0 radical (unpaired) electrons. The molecule has 0 aliphatic carbocycles. The second kappa shape index (κ2) is 13.1. The monoisotopic (exact) mass is 402 g/mol. The van der Waals surface area contributed by atoms with Crippen LogP contribution in [0, 0.1) is 0 Å². The highest BCUT2D eigenvalue weighted by molar-refractivity contribution is 5.81. The van der Waals surface area contributed by atoms with E-state index in [1.165, 1.54) is 0 Å². The Bertz CT molecular complexity index is 649. The van der Waals surface area contributed by atoms with Crippen LogP contribution in [0.1, 0.15) is 5.56 Å². The third-order valence-corrected chi connectivity index (χ3v) is 4.29. The molecule has 0 atom stereocenters. The van der Waals surface area contributed by atoms with Crippen LogP contribution in [0.15, 0.2) is 68.3 Å². The van der Waals surface area contributed by atoms with Crippen molar-refractivity contribution in [1.82, 2.24) is 0 Å². The second-order valence-electron chi connectivity index (χ2n) is 6.27. The number of carbonyl (C=O) groups excluding carboxylic acids is 3. The Morgan fingerprint density at radius 1 is 0.724 bits per heavy atom. The van der Waals surface area contributed by atoms with Crippen molar-refractivity contribution < 1.29 is 33.1 Å². The summed E-state index contributed by atoms with van der Waals surface area (Å²) in [5.74, 6) is -1.54. The third kappa shape index (κ3) is 9.53. The summed E-state index contributed by atoms with van der Waals surface area (Å²) in [5, 5.41) is 0. The van der Waals surface area contributed by atoms with Gasteiger partial charge in [0, 0.05) is 23.8 Å². The standard InChI is InChI=1S/C22H28NO6/c1-4-20(24)27-15-12-23(13-16-28-21(25)5-2,14-17-29-22(26)6-3)18-19-10-8-7-9-11-19/h4-11H,1-3,12-18H2/q+1. The highest BCUT2D eigenvalue weighted by atomic mass is 16.5. The van der Waals surface area contributed by atoms with Gasteiger partial charge in [-0.25, -0.2) is 14.4 Å². The predicted molar refractivity (Wildman–Crippen MR) is 108 cm³/mol. The number of quaternary nitrogens is 1. The van der Waals surface area contributed by atoms with Gasteiger partial charge in [0.25, 0.3) is 0 Å². The fourth-order valence-corrected chi connectivity index (χ4v) is 2.74. The van der Waals surface area contributed by atoms with E-state index in [0.717, 1.165) is 23.8 Å². The van der Waals surface area contributed by atoms with Gasteiger partial charge >= 0.3 is 17.9 Å². The van der Waals surface area contributed by atoms with Crippen LogP contribution in [0.3, 0.4) is 0 Å². The molecule has 0 aromatic heterocycles. The first-order chi connectivity index (χ1) is 13.9. The summed E-state index contributed by atoms with van der Waals surface area (Å²) in [6.07, 6.45) is 3.30. The summed E-state index contributed by atoms with van der Waals surface area (Å²) in [7, 11) is 0. The molecule has 1 aromatic carbocycles. The lowest BCUT2D eigenvalue weighted by Gasteiger charge is -2.38. The van der Waals surface area contributed by atoms with E-state index in [-0.39, 0.29) is 19.8 Å². The Kier molecular flexibility index (Phi) is 10.7. The minimum atomic E-state index is -0.515. The van der Waals surface area contributed by atoms with E-state index in [2.05, 4.69) is 19.7 Å². The van der Waals surface area contributed by atoms with Gasteiger partial charge < -0.3 is 18.7 Å². The van der Waals surface area contributed by atoms with Crippen molar-refractivity contribution in [3.63, 3.8) is 0 Å². The molecular weight excluding hydrogens is 374 g/mol. The van der Waals surface area contributed by atoms with Crippen molar-refractivity contribution in [2.24, 2.45) is 0 Å². The summed E-state index contributed by atoms with van der Waals surface area (Å²) in [4.78, 5) is 34.3. The molecule has 0 heterocycles. The van der Waals surface area contributed by atoms with Crippen molar-refractivity contribution in [3.05, 3.63) is 73.9 Å². The zero-order valence-electron chi connectivity index (χ0n) is 16.6. The largest absolute Gasteiger partial charge is 0.457 e. The number of esters is 3. The van der Waals surface area contributed by atoms with Gasteiger partial charge in [-0.05, 0) is 0 Å². The number of ether oxygens (including phenoxy) is 3. The van der Waals surface area contributed by atoms with Crippen LogP contribution in [0.4, 0.5) is 0 Å². The lowest BCUT2D eigenvalue weighted by Crippen LogP contribution is -2.53. The minimum absolute atomic E-state index is 0.141. The van der Waals surface area contributed by atoms with Gasteiger partial charge in [-0.3, -0.25) is 0 Å². The van der Waals surface area contributed by atoms with Crippen LogP contribution in [0.25, 0.3) is 0 Å². The van der Waals surface area contributed by atoms with Crippen LogP contribution in [-0.2, 0) is 35.1 Å². The average molecular weight is 402 g/mol. The Labute approximate surface area is 171 Å². The molecule has 0 N–H and O–H groups in total. The Balaban J connectivity index is 2.98. The smallest absolute Gasteiger partial charge is 0.330 e. The van der Waals surface area contributed by atoms with Crippen molar-refractivity contribution >= 4 is 17.9 Å². The maximum Gasteiger partial charge on any atom is 0.330 e. The van der Waals surface area contributed by atoms with Crippen LogP contribution in [0.2, 0.25) is 0 Å². The van der Waals surface area contributed by atoms with Crippen molar-refractivity contribution in [2.45, 2.75) is 6.54 Å². The lowest BCUT2D eigenvalue weighted by molar-refractivity contribution is -0.941. The van der Waals surface area contributed by atoms with Crippen molar-refractivity contribution in [2.75, 3.05) is 39.5 Å². The Hall–Kier alpha value is -3.19. The molecule has 0 amide bonds.